The van der Waals surface area contributed by atoms with Crippen LogP contribution in [0.4, 0.5) is 0 Å². The fourth-order valence-corrected chi connectivity index (χ4v) is 1.56. The average Bonchev–Trinajstić information content (AvgIpc) is 2.31. The first-order chi connectivity index (χ1) is 7.75. The molecule has 0 fully saturated rings. The van der Waals surface area contributed by atoms with E-state index in [0.717, 1.165) is 16.7 Å². The number of ketones is 1. The Labute approximate surface area is 95.7 Å². The van der Waals surface area contributed by atoms with Crippen molar-refractivity contribution in [2.45, 2.75) is 6.92 Å². The van der Waals surface area contributed by atoms with Crippen LogP contribution < -0.4 is 0 Å². The van der Waals surface area contributed by atoms with Gasteiger partial charge in [0.05, 0.1) is 11.1 Å². The van der Waals surface area contributed by atoms with Gasteiger partial charge in [0, 0.05) is 36.2 Å². The number of benzene rings is 2. The molecule has 0 aliphatic rings. The molecule has 0 aliphatic carbocycles. The fraction of sp³-hybridized carbons (Fsp3) is 0.0667. The first kappa shape index (κ1) is 10.5. The molecule has 2 rings (SSSR count). The van der Waals surface area contributed by atoms with Crippen LogP contribution in [-0.2, 0) is 0 Å². The minimum Gasteiger partial charge on any atom is -0.294 e. The molecular formula is C15H13O+. The summed E-state index contributed by atoms with van der Waals surface area (Å²) in [5.41, 5.74) is 3.03. The second-order valence-electron chi connectivity index (χ2n) is 3.73. The van der Waals surface area contributed by atoms with Gasteiger partial charge in [0.25, 0.3) is 0 Å². The highest BCUT2D eigenvalue weighted by atomic mass is 16.1. The van der Waals surface area contributed by atoms with Gasteiger partial charge in [-0.25, -0.2) is 0 Å². The van der Waals surface area contributed by atoms with Gasteiger partial charge in [0.1, 0.15) is 0 Å². The summed E-state index contributed by atoms with van der Waals surface area (Å²) in [6, 6.07) is 17.8. The first-order valence-corrected chi connectivity index (χ1v) is 5.26. The molecule has 0 bridgehead atoms. The summed E-state index contributed by atoms with van der Waals surface area (Å²) in [4.78, 5) is 11.1. The molecule has 0 spiro atoms. The van der Waals surface area contributed by atoms with Crippen molar-refractivity contribution in [3.8, 4) is 0 Å². The zero-order valence-electron chi connectivity index (χ0n) is 9.18. The van der Waals surface area contributed by atoms with Crippen molar-refractivity contribution in [2.75, 3.05) is 0 Å². The Morgan fingerprint density at radius 1 is 0.875 bits per heavy atom. The van der Waals surface area contributed by atoms with Gasteiger partial charge in [-0.3, -0.25) is 4.79 Å². The van der Waals surface area contributed by atoms with Crippen LogP contribution in [0.5, 0.6) is 0 Å². The van der Waals surface area contributed by atoms with Crippen LogP contribution in [0.1, 0.15) is 28.4 Å². The molecule has 16 heavy (non-hydrogen) atoms. The van der Waals surface area contributed by atoms with E-state index in [1.807, 2.05) is 42.5 Å². The highest BCUT2D eigenvalue weighted by molar-refractivity contribution is 5.94. The summed E-state index contributed by atoms with van der Waals surface area (Å²) in [6.45, 7) is 1.58. The molecule has 0 unspecified atom stereocenters. The van der Waals surface area contributed by atoms with Gasteiger partial charge in [-0.2, -0.15) is 0 Å². The zero-order valence-corrected chi connectivity index (χ0v) is 9.18. The van der Waals surface area contributed by atoms with Crippen molar-refractivity contribution in [3.05, 3.63) is 77.7 Å². The van der Waals surface area contributed by atoms with E-state index in [1.165, 1.54) is 0 Å². The van der Waals surface area contributed by atoms with Gasteiger partial charge >= 0.3 is 0 Å². The topological polar surface area (TPSA) is 17.1 Å². The molecule has 0 aromatic heterocycles. The average molecular weight is 209 g/mol. The number of rotatable bonds is 3. The third-order valence-corrected chi connectivity index (χ3v) is 2.45. The van der Waals surface area contributed by atoms with Gasteiger partial charge in [-0.1, -0.05) is 0 Å². The van der Waals surface area contributed by atoms with E-state index in [4.69, 9.17) is 0 Å². The van der Waals surface area contributed by atoms with Crippen molar-refractivity contribution >= 4 is 5.78 Å². The minimum atomic E-state index is 0.103. The van der Waals surface area contributed by atoms with E-state index in [2.05, 4.69) is 18.6 Å². The van der Waals surface area contributed by atoms with E-state index in [1.54, 1.807) is 6.92 Å². The van der Waals surface area contributed by atoms with E-state index < -0.39 is 0 Å². The van der Waals surface area contributed by atoms with Gasteiger partial charge in [-0.05, 0) is 37.3 Å². The number of carbonyl (C=O) groups excluding carboxylic acids is 1. The summed E-state index contributed by atoms with van der Waals surface area (Å²) in [6.07, 6.45) is 2.09. The summed E-state index contributed by atoms with van der Waals surface area (Å²) in [5, 5.41) is 0. The van der Waals surface area contributed by atoms with Crippen LogP contribution >= 0.6 is 0 Å². The molecule has 2 aromatic carbocycles. The molecule has 1 heteroatoms. The van der Waals surface area contributed by atoms with Gasteiger partial charge in [0.2, 0.25) is 0 Å². The maximum atomic E-state index is 11.1. The van der Waals surface area contributed by atoms with Crippen LogP contribution in [0.2, 0.25) is 0 Å². The maximum Gasteiger partial charge on any atom is 0.161 e. The van der Waals surface area contributed by atoms with Crippen LogP contribution in [0, 0.1) is 6.42 Å². The van der Waals surface area contributed by atoms with Crippen LogP contribution in [-0.4, -0.2) is 5.78 Å². The maximum absolute atomic E-state index is 11.1. The predicted molar refractivity (Wildman–Crippen MR) is 65.4 cm³/mol. The van der Waals surface area contributed by atoms with E-state index >= 15 is 0 Å². The Kier molecular flexibility index (Phi) is 3.06. The lowest BCUT2D eigenvalue weighted by Gasteiger charge is -1.96. The molecule has 0 saturated heterocycles. The van der Waals surface area contributed by atoms with Crippen molar-refractivity contribution in [1.29, 1.82) is 0 Å². The summed E-state index contributed by atoms with van der Waals surface area (Å²) >= 11 is 0. The van der Waals surface area contributed by atoms with Gasteiger partial charge < -0.3 is 0 Å². The number of carbonyl (C=O) groups is 1. The SMILES string of the molecule is CC(=O)c1ccc([CH+]c2ccccc2)cc1. The van der Waals surface area contributed by atoms with Crippen LogP contribution in [0.15, 0.2) is 54.6 Å². The third-order valence-electron chi connectivity index (χ3n) is 2.45. The largest absolute Gasteiger partial charge is 0.294 e. The summed E-state index contributed by atoms with van der Waals surface area (Å²) in [5.74, 6) is 0.103. The molecule has 0 aliphatic heterocycles. The molecule has 0 atom stereocenters. The number of hydrogen-bond donors (Lipinski definition) is 0. The fourth-order valence-electron chi connectivity index (χ4n) is 1.56. The molecule has 2 aromatic rings. The normalized spacial score (nSPS) is 9.81. The quantitative estimate of drug-likeness (QED) is 0.558. The lowest BCUT2D eigenvalue weighted by molar-refractivity contribution is 0.101. The molecule has 0 N–H and O–H groups in total. The Bertz CT molecular complexity index is 469. The number of Topliss-reactive ketones (excluding diaryl/α,β-unsaturated/α-hetero) is 1. The molecule has 78 valence electrons. The van der Waals surface area contributed by atoms with Crippen LogP contribution in [0.25, 0.3) is 0 Å². The zero-order chi connectivity index (χ0) is 11.4. The Morgan fingerprint density at radius 3 is 2.00 bits per heavy atom. The molecule has 0 heterocycles. The molecule has 0 amide bonds. The van der Waals surface area contributed by atoms with E-state index in [-0.39, 0.29) is 5.78 Å². The minimum absolute atomic E-state index is 0.103. The van der Waals surface area contributed by atoms with Gasteiger partial charge in [-0.15, -0.1) is 0 Å². The summed E-state index contributed by atoms with van der Waals surface area (Å²) < 4.78 is 0. The predicted octanol–water partition coefficient (Wildman–Crippen LogP) is 3.49. The second-order valence-corrected chi connectivity index (χ2v) is 3.73. The summed E-state index contributed by atoms with van der Waals surface area (Å²) in [7, 11) is 0. The molecule has 0 saturated carbocycles. The van der Waals surface area contributed by atoms with E-state index in [0.29, 0.717) is 0 Å². The van der Waals surface area contributed by atoms with Crippen LogP contribution in [0.3, 0.4) is 0 Å². The van der Waals surface area contributed by atoms with E-state index in [9.17, 15) is 4.79 Å². The van der Waals surface area contributed by atoms with Crippen molar-refractivity contribution in [3.63, 3.8) is 0 Å². The Morgan fingerprint density at radius 2 is 1.44 bits per heavy atom. The number of hydrogen-bond acceptors (Lipinski definition) is 1. The first-order valence-electron chi connectivity index (χ1n) is 5.26. The van der Waals surface area contributed by atoms with Crippen molar-refractivity contribution in [1.82, 2.24) is 0 Å². The highest BCUT2D eigenvalue weighted by Crippen LogP contribution is 2.12. The van der Waals surface area contributed by atoms with Gasteiger partial charge in [0.15, 0.2) is 5.78 Å². The van der Waals surface area contributed by atoms with Crippen molar-refractivity contribution < 1.29 is 4.79 Å². The standard InChI is InChI=1S/C15H13O/c1-12(16)15-9-7-14(8-10-15)11-13-5-3-2-4-6-13/h2-11H,1H3/q+1. The Hall–Kier alpha value is -2.02. The smallest absolute Gasteiger partial charge is 0.161 e. The van der Waals surface area contributed by atoms with Crippen molar-refractivity contribution in [2.24, 2.45) is 0 Å². The molecular weight excluding hydrogens is 196 g/mol. The highest BCUT2D eigenvalue weighted by Gasteiger charge is 2.04. The molecule has 1 nitrogen and oxygen atoms in total. The lowest BCUT2D eigenvalue weighted by Crippen LogP contribution is -1.92. The monoisotopic (exact) mass is 209 g/mol. The lowest BCUT2D eigenvalue weighted by atomic mass is 10.0. The Balaban J connectivity index is 2.14. The second kappa shape index (κ2) is 4.67. The molecule has 0 radical (unpaired) electrons. The third kappa shape index (κ3) is 2.51.